The van der Waals surface area contributed by atoms with Crippen LogP contribution in [0.2, 0.25) is 0 Å². The Kier molecular flexibility index (Phi) is 5.80. The maximum absolute atomic E-state index is 12.0. The molecule has 1 heterocycles. The molecule has 3 rings (SSSR count). The van der Waals surface area contributed by atoms with E-state index < -0.39 is 0 Å². The van der Waals surface area contributed by atoms with Gasteiger partial charge in [0.2, 0.25) is 11.8 Å². The molecular weight excluding hydrogens is 350 g/mol. The number of hydrogen-bond acceptors (Lipinski definition) is 6. The van der Waals surface area contributed by atoms with Gasteiger partial charge >= 0.3 is 0 Å². The van der Waals surface area contributed by atoms with E-state index >= 15 is 0 Å². The molecular formula is C19H17N3O3S. The Morgan fingerprint density at radius 2 is 1.77 bits per heavy atom. The van der Waals surface area contributed by atoms with Gasteiger partial charge in [-0.2, -0.15) is 0 Å². The van der Waals surface area contributed by atoms with E-state index in [1.54, 1.807) is 24.3 Å². The van der Waals surface area contributed by atoms with E-state index in [0.29, 0.717) is 28.8 Å². The number of ketones is 1. The molecule has 0 atom stereocenters. The summed E-state index contributed by atoms with van der Waals surface area (Å²) in [4.78, 5) is 23.3. The quantitative estimate of drug-likeness (QED) is 0.507. The van der Waals surface area contributed by atoms with Crippen LogP contribution in [0.4, 0.5) is 5.69 Å². The van der Waals surface area contributed by atoms with Crippen molar-refractivity contribution in [1.82, 2.24) is 10.2 Å². The third kappa shape index (κ3) is 5.03. The van der Waals surface area contributed by atoms with Crippen LogP contribution in [0.3, 0.4) is 0 Å². The zero-order chi connectivity index (χ0) is 18.4. The summed E-state index contributed by atoms with van der Waals surface area (Å²) in [6, 6.07) is 16.6. The molecule has 1 aromatic heterocycles. The van der Waals surface area contributed by atoms with E-state index in [2.05, 4.69) is 15.5 Å². The Morgan fingerprint density at radius 3 is 2.46 bits per heavy atom. The average Bonchev–Trinajstić information content (AvgIpc) is 3.09. The van der Waals surface area contributed by atoms with Crippen LogP contribution in [0.5, 0.6) is 0 Å². The third-order valence-corrected chi connectivity index (χ3v) is 4.37. The normalized spacial score (nSPS) is 10.5. The van der Waals surface area contributed by atoms with Crippen LogP contribution in [0.25, 0.3) is 0 Å². The van der Waals surface area contributed by atoms with Gasteiger partial charge in [-0.3, -0.25) is 9.59 Å². The van der Waals surface area contributed by atoms with Crippen LogP contribution in [0.1, 0.15) is 28.7 Å². The highest BCUT2D eigenvalue weighted by Crippen LogP contribution is 2.18. The highest BCUT2D eigenvalue weighted by molar-refractivity contribution is 7.99. The average molecular weight is 367 g/mol. The van der Waals surface area contributed by atoms with E-state index in [1.807, 2.05) is 30.3 Å². The lowest BCUT2D eigenvalue weighted by molar-refractivity contribution is -0.113. The lowest BCUT2D eigenvalue weighted by atomic mass is 10.1. The van der Waals surface area contributed by atoms with Crippen LogP contribution < -0.4 is 5.32 Å². The molecule has 0 aliphatic carbocycles. The van der Waals surface area contributed by atoms with Gasteiger partial charge in [0, 0.05) is 11.3 Å². The van der Waals surface area contributed by atoms with Gasteiger partial charge in [-0.15, -0.1) is 10.2 Å². The maximum Gasteiger partial charge on any atom is 0.277 e. The summed E-state index contributed by atoms with van der Waals surface area (Å²) in [6.07, 6.45) is 0.559. The number of benzene rings is 2. The second-order valence-electron chi connectivity index (χ2n) is 5.59. The summed E-state index contributed by atoms with van der Waals surface area (Å²) in [5.41, 5.74) is 2.32. The minimum absolute atomic E-state index is 0.0128. The smallest absolute Gasteiger partial charge is 0.277 e. The van der Waals surface area contributed by atoms with Crippen LogP contribution in [-0.4, -0.2) is 27.6 Å². The van der Waals surface area contributed by atoms with Crippen molar-refractivity contribution in [3.63, 3.8) is 0 Å². The van der Waals surface area contributed by atoms with Crippen LogP contribution in [0, 0.1) is 0 Å². The number of nitrogens with zero attached hydrogens (tertiary/aromatic N) is 2. The molecule has 26 heavy (non-hydrogen) atoms. The Labute approximate surface area is 155 Å². The molecule has 0 fully saturated rings. The fourth-order valence-corrected chi connectivity index (χ4v) is 2.83. The number of amides is 1. The van der Waals surface area contributed by atoms with E-state index in [4.69, 9.17) is 4.42 Å². The number of hydrogen-bond donors (Lipinski definition) is 1. The van der Waals surface area contributed by atoms with Gasteiger partial charge in [-0.25, -0.2) is 0 Å². The monoisotopic (exact) mass is 367 g/mol. The minimum Gasteiger partial charge on any atom is -0.416 e. The Balaban J connectivity index is 1.49. The lowest BCUT2D eigenvalue weighted by Crippen LogP contribution is -2.14. The number of aromatic nitrogens is 2. The highest BCUT2D eigenvalue weighted by Gasteiger charge is 2.10. The molecule has 132 valence electrons. The molecule has 0 bridgehead atoms. The summed E-state index contributed by atoms with van der Waals surface area (Å²) in [5.74, 6) is 0.468. The summed E-state index contributed by atoms with van der Waals surface area (Å²) in [6.45, 7) is 1.50. The molecule has 3 aromatic rings. The number of Topliss-reactive ketones (excluding diaryl/α,β-unsaturated/α-hetero) is 1. The number of carbonyl (C=O) groups excluding carboxylic acids is 2. The van der Waals surface area contributed by atoms with Gasteiger partial charge in [0.15, 0.2) is 5.78 Å². The standard InChI is InChI=1S/C19H17N3O3S/c1-13(23)15-7-9-16(10-8-15)20-17(24)12-26-19-22-21-18(25-19)11-14-5-3-2-4-6-14/h2-10H,11-12H2,1H3,(H,20,24). The molecule has 1 N–H and O–H groups in total. The Morgan fingerprint density at radius 1 is 1.04 bits per heavy atom. The van der Waals surface area contributed by atoms with Gasteiger partial charge in [0.05, 0.1) is 12.2 Å². The van der Waals surface area contributed by atoms with Gasteiger partial charge in [0.1, 0.15) is 0 Å². The largest absolute Gasteiger partial charge is 0.416 e. The first-order valence-electron chi connectivity index (χ1n) is 8.00. The first-order valence-corrected chi connectivity index (χ1v) is 8.98. The highest BCUT2D eigenvalue weighted by atomic mass is 32.2. The summed E-state index contributed by atoms with van der Waals surface area (Å²) in [5, 5.41) is 11.1. The maximum atomic E-state index is 12.0. The molecule has 0 saturated carbocycles. The van der Waals surface area contributed by atoms with Gasteiger partial charge in [-0.1, -0.05) is 42.1 Å². The number of nitrogens with one attached hydrogen (secondary N) is 1. The molecule has 0 saturated heterocycles. The van der Waals surface area contributed by atoms with Crippen molar-refractivity contribution in [3.05, 3.63) is 71.6 Å². The molecule has 0 aliphatic heterocycles. The summed E-state index contributed by atoms with van der Waals surface area (Å²) >= 11 is 1.18. The molecule has 1 amide bonds. The van der Waals surface area contributed by atoms with Crippen LogP contribution in [0.15, 0.2) is 64.2 Å². The summed E-state index contributed by atoms with van der Waals surface area (Å²) < 4.78 is 5.55. The van der Waals surface area contributed by atoms with Gasteiger partial charge in [-0.05, 0) is 36.8 Å². The number of anilines is 1. The van der Waals surface area contributed by atoms with Crippen molar-refractivity contribution < 1.29 is 14.0 Å². The molecule has 2 aromatic carbocycles. The van der Waals surface area contributed by atoms with E-state index in [1.165, 1.54) is 18.7 Å². The van der Waals surface area contributed by atoms with Crippen molar-refractivity contribution in [2.75, 3.05) is 11.1 Å². The number of carbonyl (C=O) groups is 2. The van der Waals surface area contributed by atoms with Crippen molar-refractivity contribution in [1.29, 1.82) is 0 Å². The molecule has 7 heteroatoms. The SMILES string of the molecule is CC(=O)c1ccc(NC(=O)CSc2nnc(Cc3ccccc3)o2)cc1. The van der Waals surface area contributed by atoms with E-state index in [0.717, 1.165) is 5.56 Å². The van der Waals surface area contributed by atoms with Gasteiger partial charge < -0.3 is 9.73 Å². The fraction of sp³-hybridized carbons (Fsp3) is 0.158. The zero-order valence-electron chi connectivity index (χ0n) is 14.1. The zero-order valence-corrected chi connectivity index (χ0v) is 15.0. The predicted octanol–water partition coefficient (Wildman–Crippen LogP) is 3.59. The topological polar surface area (TPSA) is 85.1 Å². The third-order valence-electron chi connectivity index (χ3n) is 3.55. The van der Waals surface area contributed by atoms with Crippen molar-refractivity contribution in [2.24, 2.45) is 0 Å². The Hall–Kier alpha value is -2.93. The second-order valence-corrected chi connectivity index (χ2v) is 6.52. The van der Waals surface area contributed by atoms with Crippen molar-refractivity contribution >= 4 is 29.1 Å². The molecule has 0 radical (unpaired) electrons. The lowest BCUT2D eigenvalue weighted by Gasteiger charge is -2.04. The predicted molar refractivity (Wildman–Crippen MR) is 99.3 cm³/mol. The molecule has 0 unspecified atom stereocenters. The van der Waals surface area contributed by atoms with Crippen LogP contribution in [-0.2, 0) is 11.2 Å². The Bertz CT molecular complexity index is 892. The molecule has 0 aliphatic rings. The fourth-order valence-electron chi connectivity index (χ4n) is 2.25. The van der Waals surface area contributed by atoms with Crippen molar-refractivity contribution in [3.8, 4) is 0 Å². The second kappa shape index (κ2) is 8.44. The van der Waals surface area contributed by atoms with E-state index in [-0.39, 0.29) is 17.4 Å². The number of rotatable bonds is 7. The van der Waals surface area contributed by atoms with Crippen molar-refractivity contribution in [2.45, 2.75) is 18.6 Å². The van der Waals surface area contributed by atoms with Gasteiger partial charge in [0.25, 0.3) is 5.22 Å². The molecule has 0 spiro atoms. The molecule has 6 nitrogen and oxygen atoms in total. The first kappa shape index (κ1) is 17.9. The van der Waals surface area contributed by atoms with E-state index in [9.17, 15) is 9.59 Å². The minimum atomic E-state index is -0.187. The van der Waals surface area contributed by atoms with Crippen LogP contribution >= 0.6 is 11.8 Å². The number of thioether (sulfide) groups is 1. The first-order chi connectivity index (χ1) is 12.6. The summed E-state index contributed by atoms with van der Waals surface area (Å²) in [7, 11) is 0.